The summed E-state index contributed by atoms with van der Waals surface area (Å²) in [5.41, 5.74) is 1.95. The molecule has 2 heterocycles. The lowest BCUT2D eigenvalue weighted by Gasteiger charge is -2.17. The molecule has 0 saturated heterocycles. The summed E-state index contributed by atoms with van der Waals surface area (Å²) in [5.74, 6) is -1.06. The molecule has 1 aromatic carbocycles. The van der Waals surface area contributed by atoms with Crippen molar-refractivity contribution >= 4 is 18.0 Å². The van der Waals surface area contributed by atoms with Gasteiger partial charge < -0.3 is 15.4 Å². The largest absolute Gasteiger partial charge is 0.432 e. The molecule has 1 unspecified atom stereocenters. The van der Waals surface area contributed by atoms with Crippen molar-refractivity contribution in [3.8, 4) is 17.1 Å². The number of hydrogen-bond donors (Lipinski definition) is 2. The van der Waals surface area contributed by atoms with Crippen LogP contribution in [0, 0.1) is 5.82 Å². The second-order valence-corrected chi connectivity index (χ2v) is 8.37. The smallest absolute Gasteiger partial charge is 0.423 e. The topological polar surface area (TPSA) is 127 Å². The Kier molecular flexibility index (Phi) is 11.8. The predicted molar refractivity (Wildman–Crippen MR) is 135 cm³/mol. The number of alkyl halides is 6. The summed E-state index contributed by atoms with van der Waals surface area (Å²) >= 11 is 0. The minimum absolute atomic E-state index is 0.0177. The number of nitrogens with two attached hydrogens (primary N) is 1. The molecule has 0 saturated carbocycles. The summed E-state index contributed by atoms with van der Waals surface area (Å²) in [6, 6.07) is 2.40. The average Bonchev–Trinajstić information content (AvgIpc) is 2.87. The van der Waals surface area contributed by atoms with Crippen LogP contribution in [-0.2, 0) is 6.18 Å². The second-order valence-electron chi connectivity index (χ2n) is 8.37. The number of aldehydes is 1. The van der Waals surface area contributed by atoms with E-state index in [1.165, 1.54) is 6.07 Å². The summed E-state index contributed by atoms with van der Waals surface area (Å²) in [5, 5.41) is 4.74. The highest BCUT2D eigenvalue weighted by Crippen LogP contribution is 2.29. The zero-order chi connectivity index (χ0) is 30.7. The van der Waals surface area contributed by atoms with Gasteiger partial charge in [-0.2, -0.15) is 27.1 Å². The van der Waals surface area contributed by atoms with Gasteiger partial charge >= 0.3 is 12.8 Å². The molecule has 222 valence electrons. The molecule has 3 N–H and O–H groups in total. The van der Waals surface area contributed by atoms with Crippen LogP contribution in [0.25, 0.3) is 17.5 Å². The standard InChI is InChI=1S/C20H21F4N3O2.C5H4F3N3O/c1-3-4-15(21)11-27(2)6-5-13-7-17(18(22)8-14(13)12-28)19-25-9-16(10-26-19)29-20(23)24;6-5(7,8)3-2(9)1-10-11-4(3)12/h5-10,12,15,20H,3-4,11H2,1-2H3;1H,(H3,9,11,12)/b6-5-;. The summed E-state index contributed by atoms with van der Waals surface area (Å²) < 4.78 is 92.6. The third-order valence-electron chi connectivity index (χ3n) is 5.16. The number of benzene rings is 1. The Morgan fingerprint density at radius 3 is 2.29 bits per heavy atom. The van der Waals surface area contributed by atoms with Crippen molar-refractivity contribution in [2.45, 2.75) is 38.7 Å². The van der Waals surface area contributed by atoms with Gasteiger partial charge in [0.25, 0.3) is 5.56 Å². The number of H-pyrrole nitrogens is 1. The van der Waals surface area contributed by atoms with Gasteiger partial charge in [-0.05, 0) is 36.4 Å². The second kappa shape index (κ2) is 14.8. The Hall–Kier alpha value is -4.50. The zero-order valence-corrected chi connectivity index (χ0v) is 21.6. The van der Waals surface area contributed by atoms with Gasteiger partial charge in [0.05, 0.1) is 29.8 Å². The number of hydrogen-bond acceptors (Lipinski definition) is 8. The maximum atomic E-state index is 14.4. The van der Waals surface area contributed by atoms with Gasteiger partial charge in [0, 0.05) is 19.2 Å². The Morgan fingerprint density at radius 1 is 1.12 bits per heavy atom. The average molecular weight is 591 g/mol. The summed E-state index contributed by atoms with van der Waals surface area (Å²) in [6.45, 7) is -0.945. The van der Waals surface area contributed by atoms with E-state index in [1.54, 1.807) is 29.3 Å². The zero-order valence-electron chi connectivity index (χ0n) is 21.6. The molecular formula is C25H25F7N6O3. The normalized spacial score (nSPS) is 12.1. The quantitative estimate of drug-likeness (QED) is 0.247. The lowest BCUT2D eigenvalue weighted by molar-refractivity contribution is -0.138. The fraction of sp³-hybridized carbons (Fsp3) is 0.320. The summed E-state index contributed by atoms with van der Waals surface area (Å²) in [7, 11) is 1.69. The Bertz CT molecular complexity index is 1380. The van der Waals surface area contributed by atoms with Crippen LogP contribution in [0.3, 0.4) is 0 Å². The van der Waals surface area contributed by atoms with Gasteiger partial charge in [0.1, 0.15) is 17.6 Å². The minimum Gasteiger partial charge on any atom is -0.432 e. The molecule has 2 aromatic heterocycles. The first kappa shape index (κ1) is 32.7. The van der Waals surface area contributed by atoms with Crippen molar-refractivity contribution in [1.29, 1.82) is 0 Å². The molecule has 0 aliphatic rings. The molecule has 16 heteroatoms. The molecule has 3 aromatic rings. The molecule has 41 heavy (non-hydrogen) atoms. The number of nitrogens with one attached hydrogen (secondary N) is 1. The highest BCUT2D eigenvalue weighted by molar-refractivity contribution is 5.84. The molecule has 0 fully saturated rings. The first-order valence-corrected chi connectivity index (χ1v) is 11.8. The first-order chi connectivity index (χ1) is 19.3. The third-order valence-corrected chi connectivity index (χ3v) is 5.16. The highest BCUT2D eigenvalue weighted by atomic mass is 19.4. The lowest BCUT2D eigenvalue weighted by atomic mass is 10.0. The van der Waals surface area contributed by atoms with Crippen molar-refractivity contribution in [2.75, 3.05) is 19.3 Å². The summed E-state index contributed by atoms with van der Waals surface area (Å²) in [6.07, 6.45) is 1.85. The van der Waals surface area contributed by atoms with E-state index in [9.17, 15) is 40.3 Å². The number of rotatable bonds is 10. The highest BCUT2D eigenvalue weighted by Gasteiger charge is 2.36. The van der Waals surface area contributed by atoms with Gasteiger partial charge in [-0.25, -0.2) is 23.8 Å². The van der Waals surface area contributed by atoms with Gasteiger partial charge in [0.15, 0.2) is 17.9 Å². The molecule has 0 bridgehead atoms. The van der Waals surface area contributed by atoms with Crippen LogP contribution in [0.15, 0.2) is 41.7 Å². The first-order valence-electron chi connectivity index (χ1n) is 11.8. The van der Waals surface area contributed by atoms with Crippen LogP contribution in [0.4, 0.5) is 36.4 Å². The molecule has 3 rings (SSSR count). The van der Waals surface area contributed by atoms with Crippen molar-refractivity contribution in [2.24, 2.45) is 0 Å². The summed E-state index contributed by atoms with van der Waals surface area (Å²) in [4.78, 5) is 31.2. The van der Waals surface area contributed by atoms with E-state index < -0.39 is 41.6 Å². The maximum Gasteiger partial charge on any atom is 0.423 e. The van der Waals surface area contributed by atoms with Crippen molar-refractivity contribution in [3.05, 3.63) is 69.8 Å². The number of carbonyl (C=O) groups is 1. The molecule has 0 aliphatic carbocycles. The monoisotopic (exact) mass is 590 g/mol. The van der Waals surface area contributed by atoms with E-state index in [-0.39, 0.29) is 29.2 Å². The molecular weight excluding hydrogens is 565 g/mol. The number of halogens is 7. The van der Waals surface area contributed by atoms with Crippen LogP contribution in [-0.4, -0.2) is 57.7 Å². The molecule has 1 atom stereocenters. The molecule has 0 aliphatic heterocycles. The van der Waals surface area contributed by atoms with Crippen LogP contribution in [0.5, 0.6) is 5.75 Å². The number of nitrogens with zero attached hydrogens (tertiary/aromatic N) is 4. The van der Waals surface area contributed by atoms with E-state index in [1.807, 2.05) is 6.92 Å². The number of aromatic nitrogens is 4. The number of ether oxygens (including phenoxy) is 1. The molecule has 0 radical (unpaired) electrons. The van der Waals surface area contributed by atoms with Crippen LogP contribution in [0.1, 0.15) is 41.3 Å². The van der Waals surface area contributed by atoms with Crippen LogP contribution < -0.4 is 16.0 Å². The Morgan fingerprint density at radius 2 is 1.78 bits per heavy atom. The Balaban J connectivity index is 0.000000408. The molecule has 0 amide bonds. The van der Waals surface area contributed by atoms with Gasteiger partial charge in [-0.3, -0.25) is 9.59 Å². The number of anilines is 1. The predicted octanol–water partition coefficient (Wildman–Crippen LogP) is 5.11. The third kappa shape index (κ3) is 9.88. The van der Waals surface area contributed by atoms with Crippen LogP contribution in [0.2, 0.25) is 0 Å². The van der Waals surface area contributed by atoms with E-state index in [0.29, 0.717) is 18.3 Å². The van der Waals surface area contributed by atoms with E-state index >= 15 is 0 Å². The maximum absolute atomic E-state index is 14.4. The lowest BCUT2D eigenvalue weighted by Crippen LogP contribution is -2.24. The minimum atomic E-state index is -4.74. The van der Waals surface area contributed by atoms with Crippen LogP contribution >= 0.6 is 0 Å². The number of carbonyl (C=O) groups excluding carboxylic acids is 1. The van der Waals surface area contributed by atoms with Gasteiger partial charge in [0.2, 0.25) is 0 Å². The van der Waals surface area contributed by atoms with Crippen molar-refractivity contribution in [3.63, 3.8) is 0 Å². The van der Waals surface area contributed by atoms with Gasteiger partial charge in [-0.15, -0.1) is 0 Å². The molecule has 9 nitrogen and oxygen atoms in total. The van der Waals surface area contributed by atoms with E-state index in [4.69, 9.17) is 5.73 Å². The van der Waals surface area contributed by atoms with E-state index in [0.717, 1.165) is 31.1 Å². The SMILES string of the molecule is CCCC(F)CN(C)/C=C\c1cc(-c2ncc(OC(F)F)cn2)c(F)cc1C=O.Nc1cn[nH]c(=O)c1C(F)(F)F. The fourth-order valence-corrected chi connectivity index (χ4v) is 3.33. The van der Waals surface area contributed by atoms with Crippen molar-refractivity contribution in [1.82, 2.24) is 25.1 Å². The molecule has 0 spiro atoms. The van der Waals surface area contributed by atoms with E-state index in [2.05, 4.69) is 19.8 Å². The number of nitrogen functional groups attached to an aromatic ring is 1. The number of aromatic amines is 1. The Labute approximate surface area is 228 Å². The van der Waals surface area contributed by atoms with Crippen molar-refractivity contribution < 1.29 is 40.3 Å². The fourth-order valence-electron chi connectivity index (χ4n) is 3.33. The van der Waals surface area contributed by atoms with Gasteiger partial charge in [-0.1, -0.05) is 13.3 Å².